The number of rotatable bonds is 11. The van der Waals surface area contributed by atoms with Crippen LogP contribution in [0.1, 0.15) is 50.3 Å². The molecule has 0 atom stereocenters. The first-order chi connectivity index (χ1) is 16.2. The van der Waals surface area contributed by atoms with E-state index in [1.807, 2.05) is 45.9 Å². The summed E-state index contributed by atoms with van der Waals surface area (Å²) < 4.78 is 2.99. The van der Waals surface area contributed by atoms with Crippen molar-refractivity contribution in [2.45, 2.75) is 47.1 Å². The highest BCUT2D eigenvalue weighted by Gasteiger charge is 2.20. The minimum absolute atomic E-state index is 0.0887. The van der Waals surface area contributed by atoms with Crippen molar-refractivity contribution in [1.82, 2.24) is 19.8 Å². The van der Waals surface area contributed by atoms with Crippen LogP contribution in [0.25, 0.3) is 11.0 Å². The van der Waals surface area contributed by atoms with Gasteiger partial charge in [0.1, 0.15) is 12.4 Å². The van der Waals surface area contributed by atoms with E-state index < -0.39 is 0 Å². The number of carbonyl (C=O) groups excluding carboxylic acids is 2. The molecule has 182 valence electrons. The van der Waals surface area contributed by atoms with Gasteiger partial charge in [0.25, 0.3) is 5.91 Å². The van der Waals surface area contributed by atoms with Gasteiger partial charge in [-0.2, -0.15) is 0 Å². The Bertz CT molecular complexity index is 1100. The van der Waals surface area contributed by atoms with Crippen LogP contribution in [-0.4, -0.2) is 45.9 Å². The molecule has 6 nitrogen and oxygen atoms in total. The second-order valence-corrected chi connectivity index (χ2v) is 10.5. The molecule has 0 spiro atoms. The number of halogens is 1. The zero-order valence-electron chi connectivity index (χ0n) is 20.6. The summed E-state index contributed by atoms with van der Waals surface area (Å²) in [5.41, 5.74) is 2.50. The quantitative estimate of drug-likeness (QED) is 0.344. The highest BCUT2D eigenvalue weighted by molar-refractivity contribution is 9.10. The molecule has 7 heteroatoms. The van der Waals surface area contributed by atoms with Gasteiger partial charge in [0.05, 0.1) is 11.0 Å². The molecule has 0 aliphatic rings. The van der Waals surface area contributed by atoms with E-state index >= 15 is 0 Å². The molecule has 3 rings (SSSR count). The number of hydrogen-bond acceptors (Lipinski definition) is 3. The lowest BCUT2D eigenvalue weighted by molar-refractivity contribution is -0.132. The summed E-state index contributed by atoms with van der Waals surface area (Å²) in [7, 11) is 0. The van der Waals surface area contributed by atoms with Crippen LogP contribution in [0.3, 0.4) is 0 Å². The van der Waals surface area contributed by atoms with Crippen molar-refractivity contribution in [2.24, 2.45) is 11.8 Å². The van der Waals surface area contributed by atoms with Crippen molar-refractivity contribution in [2.75, 3.05) is 19.6 Å². The van der Waals surface area contributed by atoms with Crippen molar-refractivity contribution in [3.05, 3.63) is 64.4 Å². The summed E-state index contributed by atoms with van der Waals surface area (Å²) in [6, 6.07) is 15.3. The largest absolute Gasteiger partial charge is 0.352 e. The second kappa shape index (κ2) is 12.2. The van der Waals surface area contributed by atoms with E-state index in [9.17, 15) is 9.59 Å². The SMILES string of the molecule is CC(C)CN(CC(C)C)C(=O)Cn1c(CCCNC(=O)c2ccc(Br)cc2)nc2ccccc21. The number of hydrogen-bond donors (Lipinski definition) is 1. The number of fused-ring (bicyclic) bond motifs is 1. The Balaban J connectivity index is 1.68. The summed E-state index contributed by atoms with van der Waals surface area (Å²) in [6.07, 6.45) is 1.42. The van der Waals surface area contributed by atoms with Crippen LogP contribution >= 0.6 is 15.9 Å². The number of aromatic nitrogens is 2. The van der Waals surface area contributed by atoms with Crippen LogP contribution in [0.2, 0.25) is 0 Å². The fraction of sp³-hybridized carbons (Fsp3) is 0.444. The molecule has 0 aliphatic carbocycles. The zero-order valence-corrected chi connectivity index (χ0v) is 22.1. The topological polar surface area (TPSA) is 67.2 Å². The molecule has 0 saturated heterocycles. The molecular formula is C27H35BrN4O2. The van der Waals surface area contributed by atoms with Crippen LogP contribution < -0.4 is 5.32 Å². The van der Waals surface area contributed by atoms with Gasteiger partial charge in [-0.25, -0.2) is 4.98 Å². The first-order valence-electron chi connectivity index (χ1n) is 12.0. The van der Waals surface area contributed by atoms with Gasteiger partial charge in [0, 0.05) is 36.1 Å². The lowest BCUT2D eigenvalue weighted by Gasteiger charge is -2.27. The summed E-state index contributed by atoms with van der Waals surface area (Å²) in [4.78, 5) is 32.5. The number of imidazole rings is 1. The van der Waals surface area contributed by atoms with E-state index in [-0.39, 0.29) is 18.4 Å². The van der Waals surface area contributed by atoms with Crippen LogP contribution in [0.4, 0.5) is 0 Å². The van der Waals surface area contributed by atoms with Gasteiger partial charge in [-0.1, -0.05) is 55.8 Å². The normalized spacial score (nSPS) is 11.4. The summed E-state index contributed by atoms with van der Waals surface area (Å²) in [6.45, 7) is 10.9. The third kappa shape index (κ3) is 7.16. The number of para-hydroxylation sites is 2. The van der Waals surface area contributed by atoms with E-state index in [0.717, 1.165) is 40.8 Å². The van der Waals surface area contributed by atoms with Crippen LogP contribution in [0.15, 0.2) is 53.0 Å². The third-order valence-electron chi connectivity index (χ3n) is 5.52. The predicted molar refractivity (Wildman–Crippen MR) is 141 cm³/mol. The van der Waals surface area contributed by atoms with Crippen molar-refractivity contribution < 1.29 is 9.59 Å². The van der Waals surface area contributed by atoms with Crippen molar-refractivity contribution in [3.8, 4) is 0 Å². The lowest BCUT2D eigenvalue weighted by Crippen LogP contribution is -2.39. The zero-order chi connectivity index (χ0) is 24.7. The molecule has 34 heavy (non-hydrogen) atoms. The highest BCUT2D eigenvalue weighted by atomic mass is 79.9. The minimum atomic E-state index is -0.0887. The van der Waals surface area contributed by atoms with Gasteiger partial charge >= 0.3 is 0 Å². The van der Waals surface area contributed by atoms with Crippen LogP contribution in [0, 0.1) is 11.8 Å². The number of aryl methyl sites for hydroxylation is 1. The van der Waals surface area contributed by atoms with Gasteiger partial charge in [0.15, 0.2) is 0 Å². The number of nitrogens with zero attached hydrogens (tertiary/aromatic N) is 3. The lowest BCUT2D eigenvalue weighted by atomic mass is 10.1. The molecule has 0 unspecified atom stereocenters. The highest BCUT2D eigenvalue weighted by Crippen LogP contribution is 2.18. The van der Waals surface area contributed by atoms with Gasteiger partial charge in [0.2, 0.25) is 5.91 Å². The molecule has 3 aromatic rings. The molecule has 0 aliphatic heterocycles. The Kier molecular flexibility index (Phi) is 9.28. The minimum Gasteiger partial charge on any atom is -0.352 e. The monoisotopic (exact) mass is 526 g/mol. The average molecular weight is 528 g/mol. The molecule has 0 radical (unpaired) electrons. The average Bonchev–Trinajstić information content (AvgIpc) is 3.13. The van der Waals surface area contributed by atoms with E-state index in [1.165, 1.54) is 0 Å². The van der Waals surface area contributed by atoms with Crippen LogP contribution in [0.5, 0.6) is 0 Å². The fourth-order valence-electron chi connectivity index (χ4n) is 4.04. The van der Waals surface area contributed by atoms with Crippen molar-refractivity contribution in [3.63, 3.8) is 0 Å². The Labute approximate surface area is 210 Å². The molecule has 0 saturated carbocycles. The summed E-state index contributed by atoms with van der Waals surface area (Å²) in [5, 5.41) is 2.98. The molecule has 1 N–H and O–H groups in total. The molecule has 1 heterocycles. The molecule has 0 bridgehead atoms. The molecule has 2 amide bonds. The van der Waals surface area contributed by atoms with E-state index in [1.54, 1.807) is 12.1 Å². The van der Waals surface area contributed by atoms with Gasteiger partial charge in [-0.3, -0.25) is 9.59 Å². The Hall–Kier alpha value is -2.67. The fourth-order valence-corrected chi connectivity index (χ4v) is 4.30. The first-order valence-corrected chi connectivity index (χ1v) is 12.8. The van der Waals surface area contributed by atoms with Gasteiger partial charge < -0.3 is 14.8 Å². The summed E-state index contributed by atoms with van der Waals surface area (Å²) in [5.74, 6) is 1.73. The molecule has 2 aromatic carbocycles. The maximum atomic E-state index is 13.3. The maximum Gasteiger partial charge on any atom is 0.251 e. The third-order valence-corrected chi connectivity index (χ3v) is 6.05. The number of carbonyl (C=O) groups is 2. The van der Waals surface area contributed by atoms with Gasteiger partial charge in [-0.15, -0.1) is 0 Å². The number of amides is 2. The van der Waals surface area contributed by atoms with E-state index in [0.29, 0.717) is 30.4 Å². The summed E-state index contributed by atoms with van der Waals surface area (Å²) >= 11 is 3.39. The van der Waals surface area contributed by atoms with Crippen molar-refractivity contribution >= 4 is 38.8 Å². The van der Waals surface area contributed by atoms with Crippen LogP contribution in [-0.2, 0) is 17.8 Å². The molecule has 0 fully saturated rings. The Morgan fingerprint density at radius 3 is 2.29 bits per heavy atom. The Morgan fingerprint density at radius 1 is 1.00 bits per heavy atom. The smallest absolute Gasteiger partial charge is 0.251 e. The van der Waals surface area contributed by atoms with E-state index in [4.69, 9.17) is 4.98 Å². The standard InChI is InChI=1S/C27H35BrN4O2/c1-19(2)16-31(17-20(3)4)26(33)18-32-24-9-6-5-8-23(24)30-25(32)10-7-15-29-27(34)21-11-13-22(28)14-12-21/h5-6,8-9,11-14,19-20H,7,10,15-18H2,1-4H3,(H,29,34). The Morgan fingerprint density at radius 2 is 1.65 bits per heavy atom. The van der Waals surface area contributed by atoms with Crippen molar-refractivity contribution in [1.29, 1.82) is 0 Å². The maximum absolute atomic E-state index is 13.3. The second-order valence-electron chi connectivity index (χ2n) is 9.56. The van der Waals surface area contributed by atoms with E-state index in [2.05, 4.69) is 48.9 Å². The predicted octanol–water partition coefficient (Wildman–Crippen LogP) is 5.30. The van der Waals surface area contributed by atoms with Gasteiger partial charge in [-0.05, 0) is 54.7 Å². The number of nitrogens with one attached hydrogen (secondary N) is 1. The number of benzene rings is 2. The first kappa shape index (κ1) is 25.9. The molecule has 1 aromatic heterocycles. The molecular weight excluding hydrogens is 492 g/mol.